The van der Waals surface area contributed by atoms with Crippen LogP contribution in [0, 0.1) is 0 Å². The second kappa shape index (κ2) is 9.61. The molecule has 0 spiro atoms. The summed E-state index contributed by atoms with van der Waals surface area (Å²) in [6, 6.07) is 15.4. The largest absolute Gasteiger partial charge is 0.322 e. The number of hydrogen-bond acceptors (Lipinski definition) is 4. The van der Waals surface area contributed by atoms with Gasteiger partial charge in [-0.2, -0.15) is 0 Å². The second-order valence-electron chi connectivity index (χ2n) is 7.25. The van der Waals surface area contributed by atoms with Crippen LogP contribution >= 0.6 is 11.8 Å². The van der Waals surface area contributed by atoms with Crippen LogP contribution < -0.4 is 5.32 Å². The Morgan fingerprint density at radius 1 is 1.11 bits per heavy atom. The first-order valence-corrected chi connectivity index (χ1v) is 12.5. The molecule has 150 valence electrons. The van der Waals surface area contributed by atoms with E-state index in [1.807, 2.05) is 30.3 Å². The molecule has 28 heavy (non-hydrogen) atoms. The van der Waals surface area contributed by atoms with Crippen LogP contribution in [-0.2, 0) is 16.3 Å². The summed E-state index contributed by atoms with van der Waals surface area (Å²) < 4.78 is 23.4. The zero-order chi connectivity index (χ0) is 20.0. The first-order valence-electron chi connectivity index (χ1n) is 9.83. The quantitative estimate of drug-likeness (QED) is 0.617. The highest BCUT2D eigenvalue weighted by atomic mass is 32.2. The highest BCUT2D eigenvalue weighted by Crippen LogP contribution is 2.33. The number of carbonyl (C=O) groups excluding carboxylic acids is 1. The van der Waals surface area contributed by atoms with Crippen LogP contribution in [0.5, 0.6) is 0 Å². The number of unbranched alkanes of at least 4 members (excludes halogenated alkanes) is 2. The van der Waals surface area contributed by atoms with Crippen LogP contribution in [0.15, 0.2) is 53.4 Å². The Morgan fingerprint density at radius 2 is 1.86 bits per heavy atom. The van der Waals surface area contributed by atoms with Crippen LogP contribution in [0.3, 0.4) is 0 Å². The van der Waals surface area contributed by atoms with Gasteiger partial charge in [0.25, 0.3) is 5.91 Å². The Bertz CT molecular complexity index is 908. The number of anilines is 1. The fourth-order valence-electron chi connectivity index (χ4n) is 3.32. The molecule has 1 aliphatic heterocycles. The highest BCUT2D eigenvalue weighted by molar-refractivity contribution is 8.02. The maximum atomic E-state index is 12.8. The first-order chi connectivity index (χ1) is 13.5. The molecule has 1 unspecified atom stereocenters. The summed E-state index contributed by atoms with van der Waals surface area (Å²) in [6.45, 7) is 2.19. The molecule has 4 nitrogen and oxygen atoms in total. The number of aryl methyl sites for hydroxylation is 1. The molecule has 1 amide bonds. The summed E-state index contributed by atoms with van der Waals surface area (Å²) in [5.74, 6) is 0.263. The van der Waals surface area contributed by atoms with Crippen molar-refractivity contribution in [3.05, 3.63) is 59.7 Å². The molecule has 3 rings (SSSR count). The average Bonchev–Trinajstić information content (AvgIpc) is 3.02. The van der Waals surface area contributed by atoms with Crippen LogP contribution in [-0.4, -0.2) is 31.1 Å². The normalized spacial score (nSPS) is 18.1. The van der Waals surface area contributed by atoms with Gasteiger partial charge >= 0.3 is 0 Å². The zero-order valence-corrected chi connectivity index (χ0v) is 17.8. The minimum atomic E-state index is -2.93. The predicted molar refractivity (Wildman–Crippen MR) is 117 cm³/mol. The number of benzene rings is 2. The smallest absolute Gasteiger partial charge is 0.256 e. The lowest BCUT2D eigenvalue weighted by atomic mass is 10.1. The Morgan fingerprint density at radius 3 is 2.54 bits per heavy atom. The number of rotatable bonds is 8. The van der Waals surface area contributed by atoms with Crippen molar-refractivity contribution in [2.45, 2.75) is 49.2 Å². The van der Waals surface area contributed by atoms with Crippen LogP contribution in [0.4, 0.5) is 5.69 Å². The third-order valence-corrected chi connectivity index (χ3v) is 8.22. The molecule has 2 aromatic carbocycles. The summed E-state index contributed by atoms with van der Waals surface area (Å²) in [7, 11) is -2.93. The summed E-state index contributed by atoms with van der Waals surface area (Å²) >= 11 is 1.49. The van der Waals surface area contributed by atoms with Crippen molar-refractivity contribution in [3.8, 4) is 0 Å². The minimum Gasteiger partial charge on any atom is -0.322 e. The molecule has 1 N–H and O–H groups in total. The van der Waals surface area contributed by atoms with Crippen molar-refractivity contribution in [1.29, 1.82) is 0 Å². The summed E-state index contributed by atoms with van der Waals surface area (Å²) in [5.41, 5.74) is 2.64. The lowest BCUT2D eigenvalue weighted by molar-refractivity contribution is 0.102. The van der Waals surface area contributed by atoms with Gasteiger partial charge in [0.15, 0.2) is 9.84 Å². The maximum absolute atomic E-state index is 12.8. The molecule has 6 heteroatoms. The summed E-state index contributed by atoms with van der Waals surface area (Å²) in [5, 5.41) is 2.98. The van der Waals surface area contributed by atoms with Gasteiger partial charge in [-0.05, 0) is 49.1 Å². The fraction of sp³-hybridized carbons (Fsp3) is 0.409. The van der Waals surface area contributed by atoms with E-state index >= 15 is 0 Å². The van der Waals surface area contributed by atoms with E-state index < -0.39 is 9.84 Å². The topological polar surface area (TPSA) is 63.2 Å². The lowest BCUT2D eigenvalue weighted by Gasteiger charge is -2.13. The van der Waals surface area contributed by atoms with Gasteiger partial charge in [-0.3, -0.25) is 4.79 Å². The summed E-state index contributed by atoms with van der Waals surface area (Å²) in [6.07, 6.45) is 5.32. The van der Waals surface area contributed by atoms with E-state index in [0.29, 0.717) is 12.0 Å². The fourth-order valence-corrected chi connectivity index (χ4v) is 6.95. The monoisotopic (exact) mass is 417 g/mol. The number of amides is 1. The van der Waals surface area contributed by atoms with E-state index in [0.717, 1.165) is 17.0 Å². The molecule has 0 saturated carbocycles. The lowest BCUT2D eigenvalue weighted by Crippen LogP contribution is -2.14. The number of carbonyl (C=O) groups is 1. The molecule has 1 saturated heterocycles. The standard InChI is InChI=1S/C22H27NO3S2/c1-2-3-4-7-17-10-12-18(13-11-17)23-22(24)20-8-5-6-9-21(20)27-19-14-15-28(25,26)16-19/h5-6,8-13,19H,2-4,7,14-16H2,1H3,(H,23,24). The third kappa shape index (κ3) is 5.85. The van der Waals surface area contributed by atoms with Crippen LogP contribution in [0.2, 0.25) is 0 Å². The van der Waals surface area contributed by atoms with Crippen molar-refractivity contribution < 1.29 is 13.2 Å². The van der Waals surface area contributed by atoms with Gasteiger partial charge in [0.1, 0.15) is 0 Å². The molecular formula is C22H27NO3S2. The van der Waals surface area contributed by atoms with Gasteiger partial charge in [0.2, 0.25) is 0 Å². The van der Waals surface area contributed by atoms with E-state index in [-0.39, 0.29) is 22.7 Å². The van der Waals surface area contributed by atoms with Crippen molar-refractivity contribution >= 4 is 33.2 Å². The number of nitrogens with one attached hydrogen (secondary N) is 1. The van der Waals surface area contributed by atoms with Crippen molar-refractivity contribution in [3.63, 3.8) is 0 Å². The van der Waals surface area contributed by atoms with E-state index in [9.17, 15) is 13.2 Å². The molecule has 1 heterocycles. The molecule has 1 atom stereocenters. The van der Waals surface area contributed by atoms with E-state index in [4.69, 9.17) is 0 Å². The number of hydrogen-bond donors (Lipinski definition) is 1. The third-order valence-electron chi connectivity index (χ3n) is 4.90. The molecule has 2 aromatic rings. The molecule has 0 aliphatic carbocycles. The number of sulfone groups is 1. The van der Waals surface area contributed by atoms with E-state index in [1.54, 1.807) is 6.07 Å². The van der Waals surface area contributed by atoms with E-state index in [1.165, 1.54) is 36.6 Å². The zero-order valence-electron chi connectivity index (χ0n) is 16.2. The van der Waals surface area contributed by atoms with Gasteiger partial charge in [-0.15, -0.1) is 11.8 Å². The Balaban J connectivity index is 1.64. The minimum absolute atomic E-state index is 0.0151. The Hall–Kier alpha value is -1.79. The first kappa shape index (κ1) is 20.9. The van der Waals surface area contributed by atoms with Gasteiger partial charge < -0.3 is 5.32 Å². The van der Waals surface area contributed by atoms with Gasteiger partial charge in [0.05, 0.1) is 17.1 Å². The van der Waals surface area contributed by atoms with Gasteiger partial charge in [-0.25, -0.2) is 8.42 Å². The molecule has 1 aliphatic rings. The Kier molecular flexibility index (Phi) is 7.18. The van der Waals surface area contributed by atoms with E-state index in [2.05, 4.69) is 24.4 Å². The molecule has 1 fully saturated rings. The SMILES string of the molecule is CCCCCc1ccc(NC(=O)c2ccccc2SC2CCS(=O)(=O)C2)cc1. The number of thioether (sulfide) groups is 1. The van der Waals surface area contributed by atoms with Crippen LogP contribution in [0.25, 0.3) is 0 Å². The Labute approximate surface area is 172 Å². The molecule has 0 aromatic heterocycles. The van der Waals surface area contributed by atoms with Crippen molar-refractivity contribution in [2.75, 3.05) is 16.8 Å². The van der Waals surface area contributed by atoms with Crippen molar-refractivity contribution in [1.82, 2.24) is 0 Å². The van der Waals surface area contributed by atoms with Gasteiger partial charge in [0, 0.05) is 15.8 Å². The molecule has 0 bridgehead atoms. The maximum Gasteiger partial charge on any atom is 0.256 e. The average molecular weight is 418 g/mol. The van der Waals surface area contributed by atoms with Gasteiger partial charge in [-0.1, -0.05) is 44.0 Å². The molecule has 0 radical (unpaired) electrons. The predicted octanol–water partition coefficient (Wildman–Crippen LogP) is 4.95. The molecular weight excluding hydrogens is 390 g/mol. The second-order valence-corrected chi connectivity index (χ2v) is 10.8. The van der Waals surface area contributed by atoms with Crippen molar-refractivity contribution in [2.24, 2.45) is 0 Å². The van der Waals surface area contributed by atoms with Crippen LogP contribution in [0.1, 0.15) is 48.5 Å². The summed E-state index contributed by atoms with van der Waals surface area (Å²) in [4.78, 5) is 13.6. The highest BCUT2D eigenvalue weighted by Gasteiger charge is 2.29.